The van der Waals surface area contributed by atoms with Crippen molar-refractivity contribution in [1.82, 2.24) is 0 Å². The van der Waals surface area contributed by atoms with Crippen LogP contribution in [0.15, 0.2) is 45.5 Å². The lowest BCUT2D eigenvalue weighted by atomic mass is 10.1. The molecule has 0 aliphatic rings. The van der Waals surface area contributed by atoms with Crippen LogP contribution in [0.2, 0.25) is 0 Å². The van der Waals surface area contributed by atoms with Gasteiger partial charge in [0.1, 0.15) is 10.6 Å². The number of phenolic OH excluding ortho intramolecular Hbond substituents is 1. The summed E-state index contributed by atoms with van der Waals surface area (Å²) >= 11 is 4.51. The minimum atomic E-state index is -4.48. The van der Waals surface area contributed by atoms with E-state index in [-0.39, 0.29) is 32.2 Å². The lowest BCUT2D eigenvalue weighted by Gasteiger charge is -2.08. The van der Waals surface area contributed by atoms with E-state index in [1.165, 1.54) is 12.1 Å². The number of fused-ring (bicyclic) bond motifs is 1. The summed E-state index contributed by atoms with van der Waals surface area (Å²) in [5.74, 6) is -0.284. The van der Waals surface area contributed by atoms with E-state index in [0.29, 0.717) is 0 Å². The zero-order chi connectivity index (χ0) is 14.9. The standard InChI is InChI=1S/C11H9N3O4S2/c12-11(19)14-13-8-5-9(20(16,17)18)6-3-1-2-4-7(6)10(8)15/h1-5,15H,(H2,12,19)(H,16,17,18). The van der Waals surface area contributed by atoms with Crippen molar-refractivity contribution in [1.29, 1.82) is 0 Å². The monoisotopic (exact) mass is 311 g/mol. The van der Waals surface area contributed by atoms with Crippen molar-refractivity contribution in [2.45, 2.75) is 4.90 Å². The molecule has 2 aromatic rings. The van der Waals surface area contributed by atoms with Gasteiger partial charge in [0, 0.05) is 10.8 Å². The molecule has 0 aromatic heterocycles. The summed E-state index contributed by atoms with van der Waals surface area (Å²) in [7, 11) is -4.48. The van der Waals surface area contributed by atoms with Crippen molar-refractivity contribution < 1.29 is 18.1 Å². The van der Waals surface area contributed by atoms with Gasteiger partial charge in [-0.15, -0.1) is 10.2 Å². The molecule has 7 nitrogen and oxygen atoms in total. The molecule has 20 heavy (non-hydrogen) atoms. The summed E-state index contributed by atoms with van der Waals surface area (Å²) in [6.07, 6.45) is 0. The van der Waals surface area contributed by atoms with Crippen LogP contribution in [0.25, 0.3) is 10.8 Å². The minimum Gasteiger partial charge on any atom is -0.505 e. The first kappa shape index (κ1) is 14.3. The van der Waals surface area contributed by atoms with Crippen LogP contribution in [-0.4, -0.2) is 23.2 Å². The summed E-state index contributed by atoms with van der Waals surface area (Å²) in [5, 5.41) is 17.1. The van der Waals surface area contributed by atoms with Gasteiger partial charge >= 0.3 is 0 Å². The fourth-order valence-electron chi connectivity index (χ4n) is 1.71. The molecule has 0 atom stereocenters. The molecule has 0 saturated carbocycles. The number of phenols is 1. The number of hydrogen-bond acceptors (Lipinski definition) is 5. The number of nitrogens with two attached hydrogens (primary N) is 1. The Kier molecular flexibility index (Phi) is 3.66. The number of rotatable bonds is 2. The maximum atomic E-state index is 11.4. The quantitative estimate of drug-likeness (QED) is 0.443. The highest BCUT2D eigenvalue weighted by Crippen LogP contribution is 2.38. The molecule has 0 radical (unpaired) electrons. The molecular formula is C11H9N3O4S2. The Balaban J connectivity index is 2.86. The van der Waals surface area contributed by atoms with Crippen molar-refractivity contribution in [3.8, 4) is 5.75 Å². The molecule has 104 valence electrons. The Morgan fingerprint density at radius 2 is 1.85 bits per heavy atom. The van der Waals surface area contributed by atoms with Gasteiger partial charge in [0.25, 0.3) is 10.1 Å². The van der Waals surface area contributed by atoms with Crippen molar-refractivity contribution in [2.24, 2.45) is 16.0 Å². The lowest BCUT2D eigenvalue weighted by molar-refractivity contribution is 0.480. The first-order valence-electron chi connectivity index (χ1n) is 5.24. The zero-order valence-corrected chi connectivity index (χ0v) is 11.5. The van der Waals surface area contributed by atoms with Crippen LogP contribution in [0.4, 0.5) is 5.69 Å². The van der Waals surface area contributed by atoms with Crippen LogP contribution in [0.1, 0.15) is 0 Å². The highest BCUT2D eigenvalue weighted by Gasteiger charge is 2.19. The van der Waals surface area contributed by atoms with Crippen molar-refractivity contribution in [3.05, 3.63) is 30.3 Å². The van der Waals surface area contributed by atoms with Gasteiger partial charge in [-0.1, -0.05) is 24.3 Å². The normalized spacial score (nSPS) is 12.1. The predicted molar refractivity (Wildman–Crippen MR) is 76.7 cm³/mol. The molecule has 0 unspecified atom stereocenters. The topological polar surface area (TPSA) is 125 Å². The van der Waals surface area contributed by atoms with E-state index in [4.69, 9.17) is 5.73 Å². The van der Waals surface area contributed by atoms with E-state index in [1.807, 2.05) is 0 Å². The van der Waals surface area contributed by atoms with Crippen LogP contribution in [-0.2, 0) is 10.1 Å². The summed E-state index contributed by atoms with van der Waals surface area (Å²) in [4.78, 5) is -0.386. The highest BCUT2D eigenvalue weighted by molar-refractivity contribution is 7.86. The van der Waals surface area contributed by atoms with E-state index in [0.717, 1.165) is 6.07 Å². The molecule has 4 N–H and O–H groups in total. The minimum absolute atomic E-state index is 0.163. The Bertz CT molecular complexity index is 831. The third-order valence-corrected chi connectivity index (χ3v) is 3.47. The largest absolute Gasteiger partial charge is 0.505 e. The summed E-state index contributed by atoms with van der Waals surface area (Å²) in [5.41, 5.74) is 4.99. The average Bonchev–Trinajstić information content (AvgIpc) is 2.36. The van der Waals surface area contributed by atoms with Gasteiger partial charge in [0.2, 0.25) is 5.11 Å². The molecule has 0 heterocycles. The van der Waals surface area contributed by atoms with Crippen molar-refractivity contribution >= 4 is 43.9 Å². The Morgan fingerprint density at radius 3 is 2.40 bits per heavy atom. The van der Waals surface area contributed by atoms with E-state index in [1.54, 1.807) is 12.1 Å². The van der Waals surface area contributed by atoms with Crippen molar-refractivity contribution in [3.63, 3.8) is 0 Å². The zero-order valence-electron chi connectivity index (χ0n) is 9.89. The Labute approximate surface area is 119 Å². The van der Waals surface area contributed by atoms with E-state index in [9.17, 15) is 18.1 Å². The molecule has 0 aliphatic heterocycles. The van der Waals surface area contributed by atoms with Gasteiger partial charge in [-0.25, -0.2) is 0 Å². The third-order valence-electron chi connectivity index (χ3n) is 2.49. The molecule has 9 heteroatoms. The molecule has 0 amide bonds. The lowest BCUT2D eigenvalue weighted by Crippen LogP contribution is -2.02. The number of benzene rings is 2. The van der Waals surface area contributed by atoms with Crippen LogP contribution in [0.5, 0.6) is 5.75 Å². The molecular weight excluding hydrogens is 302 g/mol. The van der Waals surface area contributed by atoms with Gasteiger partial charge in [0.15, 0.2) is 5.75 Å². The highest BCUT2D eigenvalue weighted by atomic mass is 32.2. The fourth-order valence-corrected chi connectivity index (χ4v) is 2.46. The second kappa shape index (κ2) is 5.12. The van der Waals surface area contributed by atoms with Crippen molar-refractivity contribution in [2.75, 3.05) is 0 Å². The number of nitrogens with zero attached hydrogens (tertiary/aromatic N) is 2. The first-order valence-corrected chi connectivity index (χ1v) is 7.09. The summed E-state index contributed by atoms with van der Waals surface area (Å²) < 4.78 is 32.0. The van der Waals surface area contributed by atoms with Gasteiger partial charge in [-0.05, 0) is 18.3 Å². The maximum absolute atomic E-state index is 11.4. The number of thiocarbonyl (C=S) groups is 1. The molecule has 0 aliphatic carbocycles. The Morgan fingerprint density at radius 1 is 1.25 bits per heavy atom. The molecule has 0 bridgehead atoms. The van der Waals surface area contributed by atoms with E-state index >= 15 is 0 Å². The maximum Gasteiger partial charge on any atom is 0.295 e. The predicted octanol–water partition coefficient (Wildman–Crippen LogP) is 2.12. The van der Waals surface area contributed by atoms with E-state index < -0.39 is 10.1 Å². The molecule has 2 aromatic carbocycles. The van der Waals surface area contributed by atoms with Gasteiger partial charge in [-0.3, -0.25) is 4.55 Å². The third kappa shape index (κ3) is 2.74. The fraction of sp³-hybridized carbons (Fsp3) is 0. The van der Waals surface area contributed by atoms with Crippen LogP contribution in [0.3, 0.4) is 0 Å². The SMILES string of the molecule is NC(=S)N=Nc1cc(S(=O)(=O)O)c2ccccc2c1O. The number of azo groups is 1. The smallest absolute Gasteiger partial charge is 0.295 e. The van der Waals surface area contributed by atoms with Gasteiger partial charge in [-0.2, -0.15) is 8.42 Å². The van der Waals surface area contributed by atoms with Gasteiger partial charge in [0.05, 0.1) is 0 Å². The molecule has 0 spiro atoms. The number of hydrogen-bond donors (Lipinski definition) is 3. The van der Waals surface area contributed by atoms with Gasteiger partial charge < -0.3 is 10.8 Å². The molecule has 2 rings (SSSR count). The van der Waals surface area contributed by atoms with Crippen LogP contribution in [0, 0.1) is 0 Å². The second-order valence-electron chi connectivity index (χ2n) is 3.80. The molecule has 0 saturated heterocycles. The molecule has 0 fully saturated rings. The van der Waals surface area contributed by atoms with Crippen LogP contribution >= 0.6 is 12.2 Å². The first-order chi connectivity index (χ1) is 9.30. The van der Waals surface area contributed by atoms with E-state index in [2.05, 4.69) is 22.4 Å². The average molecular weight is 311 g/mol. The number of aromatic hydroxyl groups is 1. The van der Waals surface area contributed by atoms with Crippen LogP contribution < -0.4 is 5.73 Å². The summed E-state index contributed by atoms with van der Waals surface area (Å²) in [6.45, 7) is 0. The Hall–Kier alpha value is -2.10. The second-order valence-corrected chi connectivity index (χ2v) is 5.61. The summed E-state index contributed by atoms with van der Waals surface area (Å²) in [6, 6.07) is 7.11.